The average molecular weight is 398 g/mol. The third kappa shape index (κ3) is 5.17. The van der Waals surface area contributed by atoms with E-state index in [2.05, 4.69) is 19.0 Å². The van der Waals surface area contributed by atoms with E-state index in [0.29, 0.717) is 25.9 Å². The van der Waals surface area contributed by atoms with Crippen LogP contribution in [0.2, 0.25) is 0 Å². The molecule has 4 atom stereocenters. The topological polar surface area (TPSA) is 119 Å². The smallest absolute Gasteiger partial charge is 0.336 e. The summed E-state index contributed by atoms with van der Waals surface area (Å²) in [6.07, 6.45) is 0.187. The predicted molar refractivity (Wildman–Crippen MR) is 96.7 cm³/mol. The van der Waals surface area contributed by atoms with Crippen molar-refractivity contribution < 1.29 is 18.9 Å². The minimum atomic E-state index is -0.594. The molecule has 0 aromatic carbocycles. The van der Waals surface area contributed by atoms with Crippen molar-refractivity contribution in [2.24, 2.45) is 0 Å². The summed E-state index contributed by atoms with van der Waals surface area (Å²) >= 11 is 0. The summed E-state index contributed by atoms with van der Waals surface area (Å²) in [6.45, 7) is 4.17. The van der Waals surface area contributed by atoms with Crippen LogP contribution in [0.25, 0.3) is 0 Å². The van der Waals surface area contributed by atoms with Crippen molar-refractivity contribution in [1.29, 1.82) is 0 Å². The lowest BCUT2D eigenvalue weighted by Crippen LogP contribution is -2.55. The summed E-state index contributed by atoms with van der Waals surface area (Å²) in [4.78, 5) is 39.2. The first-order valence-electron chi connectivity index (χ1n) is 9.48. The van der Waals surface area contributed by atoms with Crippen molar-refractivity contribution in [2.75, 3.05) is 47.1 Å². The van der Waals surface area contributed by atoms with Crippen LogP contribution >= 0.6 is 0 Å². The maximum Gasteiger partial charge on any atom is 0.336 e. The molecule has 11 heteroatoms. The Morgan fingerprint density at radius 1 is 0.679 bits per heavy atom. The molecule has 11 nitrogen and oxygen atoms in total. The second-order valence-corrected chi connectivity index (χ2v) is 7.76. The van der Waals surface area contributed by atoms with Gasteiger partial charge in [0.05, 0.1) is 70.5 Å². The van der Waals surface area contributed by atoms with Gasteiger partial charge in [0.2, 0.25) is 0 Å². The van der Waals surface area contributed by atoms with Crippen LogP contribution in [0.3, 0.4) is 0 Å². The summed E-state index contributed by atoms with van der Waals surface area (Å²) in [5.74, 6) is 0. The Labute approximate surface area is 161 Å². The molecule has 4 unspecified atom stereocenters. The normalized spacial score (nSPS) is 29.2. The summed E-state index contributed by atoms with van der Waals surface area (Å²) in [5.41, 5.74) is -1.78. The first kappa shape index (κ1) is 19.5. The lowest BCUT2D eigenvalue weighted by molar-refractivity contribution is 0.323. The van der Waals surface area contributed by atoms with Crippen molar-refractivity contribution in [2.45, 2.75) is 44.1 Å². The van der Waals surface area contributed by atoms with E-state index in [9.17, 15) is 14.4 Å². The molecule has 0 amide bonds. The first-order valence-corrected chi connectivity index (χ1v) is 9.48. The summed E-state index contributed by atoms with van der Waals surface area (Å²) in [6, 6.07) is 0. The van der Waals surface area contributed by atoms with E-state index in [0.717, 1.165) is 26.9 Å². The molecule has 156 valence electrons. The van der Waals surface area contributed by atoms with Gasteiger partial charge in [-0.2, -0.15) is 0 Å². The molecule has 28 heavy (non-hydrogen) atoms. The molecule has 1 aromatic heterocycles. The highest BCUT2D eigenvalue weighted by atomic mass is 16.6. The largest absolute Gasteiger partial charge is 0.372 e. The number of hydrogen-bond acceptors (Lipinski definition) is 8. The van der Waals surface area contributed by atoms with Crippen LogP contribution in [0.4, 0.5) is 0 Å². The Bertz CT molecular complexity index is 743. The molecule has 5 rings (SSSR count). The Morgan fingerprint density at radius 2 is 0.964 bits per heavy atom. The van der Waals surface area contributed by atoms with Crippen molar-refractivity contribution in [3.63, 3.8) is 0 Å². The van der Waals surface area contributed by atoms with Gasteiger partial charge in [0.1, 0.15) is 0 Å². The molecule has 1 aromatic rings. The van der Waals surface area contributed by atoms with Crippen LogP contribution in [0, 0.1) is 0 Å². The van der Waals surface area contributed by atoms with Crippen LogP contribution in [-0.2, 0) is 38.6 Å². The van der Waals surface area contributed by atoms with Gasteiger partial charge >= 0.3 is 17.1 Å². The predicted octanol–water partition coefficient (Wildman–Crippen LogP) is -2.69. The number of hydrogen-bond donors (Lipinski definition) is 0. The van der Waals surface area contributed by atoms with E-state index in [1.807, 2.05) is 0 Å². The van der Waals surface area contributed by atoms with Gasteiger partial charge in [-0.05, 0) is 14.1 Å². The molecule has 5 heterocycles. The Morgan fingerprint density at radius 3 is 1.14 bits per heavy atom. The average Bonchev–Trinajstić information content (AvgIpc) is 3.46. The molecule has 4 aliphatic rings. The van der Waals surface area contributed by atoms with Gasteiger partial charge in [0.25, 0.3) is 0 Å². The molecule has 0 radical (unpaired) electrons. The minimum absolute atomic E-state index is 0.121. The van der Waals surface area contributed by atoms with E-state index in [4.69, 9.17) is 18.9 Å². The van der Waals surface area contributed by atoms with Gasteiger partial charge in [0, 0.05) is 6.54 Å². The standard InChI is InChI=1S/C12H15N3O6.C5H11NO/c16-10-13(1-7-4-19-7)11(17)15(3-9-6-21-9)12(18)14(10)2-8-5-20-8;1-6(2)3-5-4-7-5/h7-9H,1-6H2;5H,3-4H2,1-2H3. The van der Waals surface area contributed by atoms with Gasteiger partial charge < -0.3 is 23.8 Å². The molecular formula is C17H26N4O7. The zero-order chi connectivity index (χ0) is 19.8. The number of rotatable bonds is 8. The summed E-state index contributed by atoms with van der Waals surface area (Å²) in [5, 5.41) is 0. The highest BCUT2D eigenvalue weighted by molar-refractivity contribution is 4.86. The van der Waals surface area contributed by atoms with E-state index in [1.54, 1.807) is 0 Å². The fourth-order valence-corrected chi connectivity index (χ4v) is 2.86. The summed E-state index contributed by atoms with van der Waals surface area (Å²) < 4.78 is 23.4. The van der Waals surface area contributed by atoms with Crippen LogP contribution in [0.5, 0.6) is 0 Å². The van der Waals surface area contributed by atoms with Gasteiger partial charge in [-0.1, -0.05) is 0 Å². The zero-order valence-electron chi connectivity index (χ0n) is 16.1. The van der Waals surface area contributed by atoms with Crippen molar-refractivity contribution in [1.82, 2.24) is 18.6 Å². The Balaban J connectivity index is 0.000000233. The van der Waals surface area contributed by atoms with Crippen molar-refractivity contribution in [3.05, 3.63) is 31.5 Å². The van der Waals surface area contributed by atoms with E-state index < -0.39 is 17.1 Å². The number of nitrogens with zero attached hydrogens (tertiary/aromatic N) is 4. The van der Waals surface area contributed by atoms with E-state index >= 15 is 0 Å². The molecule has 4 aliphatic heterocycles. The van der Waals surface area contributed by atoms with Gasteiger partial charge in [-0.25, -0.2) is 28.1 Å². The molecule has 0 spiro atoms. The van der Waals surface area contributed by atoms with E-state index in [-0.39, 0.29) is 37.9 Å². The Kier molecular flexibility index (Phi) is 5.52. The monoisotopic (exact) mass is 398 g/mol. The maximum absolute atomic E-state index is 12.4. The maximum atomic E-state index is 12.4. The molecule has 0 aliphatic carbocycles. The third-order valence-corrected chi connectivity index (χ3v) is 4.72. The fraction of sp³-hybridized carbons (Fsp3) is 0.824. The van der Waals surface area contributed by atoms with Crippen molar-refractivity contribution in [3.8, 4) is 0 Å². The van der Waals surface area contributed by atoms with Crippen LogP contribution in [0.1, 0.15) is 0 Å². The quantitative estimate of drug-likeness (QED) is 0.435. The van der Waals surface area contributed by atoms with Crippen LogP contribution in [0.15, 0.2) is 14.4 Å². The fourth-order valence-electron chi connectivity index (χ4n) is 2.86. The van der Waals surface area contributed by atoms with Crippen LogP contribution in [-0.4, -0.2) is 90.1 Å². The van der Waals surface area contributed by atoms with Gasteiger partial charge in [0.15, 0.2) is 0 Å². The number of epoxide rings is 4. The lowest BCUT2D eigenvalue weighted by Gasteiger charge is -2.12. The number of aromatic nitrogens is 3. The molecule has 0 bridgehead atoms. The SMILES string of the molecule is CN(C)CC1CO1.O=c1n(CC2CO2)c(=O)n(CC2CO2)c(=O)n1CC1CO1. The molecule has 0 N–H and O–H groups in total. The first-order chi connectivity index (χ1) is 13.4. The van der Waals surface area contributed by atoms with Gasteiger partial charge in [-0.3, -0.25) is 0 Å². The summed E-state index contributed by atoms with van der Waals surface area (Å²) in [7, 11) is 4.11. The number of ether oxygens (including phenoxy) is 4. The number of likely N-dealkylation sites (N-methyl/N-ethyl adjacent to an activating group) is 1. The molecular weight excluding hydrogens is 372 g/mol. The zero-order valence-corrected chi connectivity index (χ0v) is 16.1. The molecule has 0 saturated carbocycles. The minimum Gasteiger partial charge on any atom is -0.372 e. The second-order valence-electron chi connectivity index (χ2n) is 7.76. The Hall–Kier alpha value is -1.79. The lowest BCUT2D eigenvalue weighted by atomic mass is 10.4. The second kappa shape index (κ2) is 7.91. The highest BCUT2D eigenvalue weighted by Gasteiger charge is 2.31. The van der Waals surface area contributed by atoms with E-state index in [1.165, 1.54) is 0 Å². The molecule has 4 fully saturated rings. The highest BCUT2D eigenvalue weighted by Crippen LogP contribution is 2.12. The third-order valence-electron chi connectivity index (χ3n) is 4.72. The molecule has 4 saturated heterocycles. The van der Waals surface area contributed by atoms with Crippen LogP contribution < -0.4 is 17.1 Å². The van der Waals surface area contributed by atoms with Crippen molar-refractivity contribution >= 4 is 0 Å². The van der Waals surface area contributed by atoms with Gasteiger partial charge in [-0.15, -0.1) is 0 Å².